The molecule has 0 saturated heterocycles. The van der Waals surface area contributed by atoms with Crippen molar-refractivity contribution in [3.8, 4) is 0 Å². The Morgan fingerprint density at radius 2 is 1.14 bits per heavy atom. The van der Waals surface area contributed by atoms with Crippen molar-refractivity contribution < 1.29 is 19.8 Å². The molecule has 0 atom stereocenters. The van der Waals surface area contributed by atoms with Crippen LogP contribution in [0.3, 0.4) is 0 Å². The third-order valence-corrected chi connectivity index (χ3v) is 7.04. The lowest BCUT2D eigenvalue weighted by molar-refractivity contribution is 0.0686. The number of carbonyl (C=O) groups is 2. The van der Waals surface area contributed by atoms with Gasteiger partial charge in [0.2, 0.25) is 0 Å². The molecule has 0 radical (unpaired) electrons. The molecule has 2 N–H and O–H groups in total. The highest BCUT2D eigenvalue weighted by Gasteiger charge is 2.19. The van der Waals surface area contributed by atoms with Crippen molar-refractivity contribution in [2.45, 2.75) is 0 Å². The minimum Gasteiger partial charge on any atom is -0.478 e. The van der Waals surface area contributed by atoms with Crippen LogP contribution in [-0.4, -0.2) is 35.9 Å². The van der Waals surface area contributed by atoms with E-state index in [1.807, 2.05) is 6.66 Å². The van der Waals surface area contributed by atoms with Gasteiger partial charge in [0.05, 0.1) is 11.1 Å². The van der Waals surface area contributed by atoms with Gasteiger partial charge in [-0.2, -0.15) is 0 Å². The van der Waals surface area contributed by atoms with Crippen LogP contribution < -0.4 is 10.6 Å². The van der Waals surface area contributed by atoms with Crippen LogP contribution in [-0.2, 0) is 0 Å². The van der Waals surface area contributed by atoms with Gasteiger partial charge in [-0.25, -0.2) is 9.59 Å². The summed E-state index contributed by atoms with van der Waals surface area (Å²) in [5, 5.41) is 19.8. The lowest BCUT2D eigenvalue weighted by Crippen LogP contribution is -2.16. The van der Waals surface area contributed by atoms with E-state index < -0.39 is 19.0 Å². The number of hydrogen-bond donors (Lipinski definition) is 2. The van der Waals surface area contributed by atoms with Crippen LogP contribution in [0.4, 0.5) is 0 Å². The summed E-state index contributed by atoms with van der Waals surface area (Å²) < 4.78 is 4.53. The number of benzene rings is 2. The molecule has 0 saturated carbocycles. The molecule has 0 amide bonds. The molecule has 114 valence electrons. The van der Waals surface area contributed by atoms with Crippen molar-refractivity contribution in [2.75, 3.05) is 13.7 Å². The standard InChI is InChI=1S/C16H16NO4P/c1-17-22(2,13-7-3-11(4-8-13)15(18)19)14-9-5-12(6-10-14)16(20)21/h3-10H,1-2H3,(H,18,19)(H,20,21). The second kappa shape index (κ2) is 6.16. The van der Waals surface area contributed by atoms with Gasteiger partial charge in [0.1, 0.15) is 0 Å². The predicted octanol–water partition coefficient (Wildman–Crippen LogP) is 2.49. The van der Waals surface area contributed by atoms with Crippen LogP contribution in [0.25, 0.3) is 0 Å². The van der Waals surface area contributed by atoms with Crippen molar-refractivity contribution >= 4 is 29.6 Å². The first-order chi connectivity index (χ1) is 10.4. The number of rotatable bonds is 4. The highest BCUT2D eigenvalue weighted by atomic mass is 31.2. The first-order valence-corrected chi connectivity index (χ1v) is 8.73. The topological polar surface area (TPSA) is 87.0 Å². The quantitative estimate of drug-likeness (QED) is 0.848. The maximum absolute atomic E-state index is 10.9. The average molecular weight is 317 g/mol. The molecule has 2 rings (SSSR count). The largest absolute Gasteiger partial charge is 0.478 e. The van der Waals surface area contributed by atoms with Crippen molar-refractivity contribution in [1.29, 1.82) is 0 Å². The van der Waals surface area contributed by atoms with E-state index in [9.17, 15) is 9.59 Å². The third kappa shape index (κ3) is 2.95. The summed E-state index contributed by atoms with van der Waals surface area (Å²) in [4.78, 5) is 21.9. The molecule has 0 spiro atoms. The van der Waals surface area contributed by atoms with E-state index in [-0.39, 0.29) is 11.1 Å². The van der Waals surface area contributed by atoms with Gasteiger partial charge in [-0.3, -0.25) is 4.74 Å². The maximum Gasteiger partial charge on any atom is 0.335 e. The van der Waals surface area contributed by atoms with Gasteiger partial charge in [0.25, 0.3) is 0 Å². The molecule has 0 aromatic heterocycles. The number of carboxylic acids is 2. The fourth-order valence-corrected chi connectivity index (χ4v) is 4.39. The van der Waals surface area contributed by atoms with Crippen molar-refractivity contribution in [3.05, 3.63) is 59.7 Å². The number of hydrogen-bond acceptors (Lipinski definition) is 3. The lowest BCUT2D eigenvalue weighted by Gasteiger charge is -2.20. The zero-order valence-electron chi connectivity index (χ0n) is 12.2. The molecule has 0 aliphatic carbocycles. The van der Waals surface area contributed by atoms with Gasteiger partial charge in [-0.05, 0) is 41.5 Å². The highest BCUT2D eigenvalue weighted by Crippen LogP contribution is 2.42. The molecule has 2 aromatic carbocycles. The van der Waals surface area contributed by atoms with E-state index in [1.54, 1.807) is 55.6 Å². The second-order valence-electron chi connectivity index (χ2n) is 4.86. The first-order valence-electron chi connectivity index (χ1n) is 6.54. The maximum atomic E-state index is 10.9. The zero-order valence-corrected chi connectivity index (χ0v) is 13.1. The monoisotopic (exact) mass is 317 g/mol. The van der Waals surface area contributed by atoms with Crippen molar-refractivity contribution in [2.24, 2.45) is 4.74 Å². The summed E-state index contributed by atoms with van der Waals surface area (Å²) in [5.41, 5.74) is 0.459. The normalized spacial score (nSPS) is 11.0. The molecule has 0 heterocycles. The molecule has 6 heteroatoms. The Kier molecular flexibility index (Phi) is 4.48. The molecule has 2 aromatic rings. The average Bonchev–Trinajstić information content (AvgIpc) is 2.54. The minimum atomic E-state index is -2.02. The van der Waals surface area contributed by atoms with Gasteiger partial charge in [-0.1, -0.05) is 24.3 Å². The number of nitrogens with zero attached hydrogens (tertiary/aromatic N) is 1. The van der Waals surface area contributed by atoms with Crippen LogP contribution in [0, 0.1) is 0 Å². The van der Waals surface area contributed by atoms with Gasteiger partial charge >= 0.3 is 11.9 Å². The molecule has 0 aliphatic heterocycles. The van der Waals surface area contributed by atoms with E-state index in [1.165, 1.54) is 0 Å². The Labute approximate surface area is 128 Å². The van der Waals surface area contributed by atoms with Crippen LogP contribution >= 0.6 is 7.05 Å². The summed E-state index contributed by atoms with van der Waals surface area (Å²) >= 11 is 0. The summed E-state index contributed by atoms with van der Waals surface area (Å²) in [6, 6.07) is 13.3. The van der Waals surface area contributed by atoms with Crippen LogP contribution in [0.5, 0.6) is 0 Å². The third-order valence-electron chi connectivity index (χ3n) is 3.63. The summed E-state index contributed by atoms with van der Waals surface area (Å²) in [6.07, 6.45) is 0. The van der Waals surface area contributed by atoms with Crippen LogP contribution in [0.2, 0.25) is 0 Å². The SMILES string of the molecule is CN=P(C)(c1ccc(C(=O)O)cc1)c1ccc(C(=O)O)cc1. The van der Waals surface area contributed by atoms with Gasteiger partial charge in [-0.15, -0.1) is 0 Å². The fraction of sp³-hybridized carbons (Fsp3) is 0.125. The Hall–Kier alpha value is -2.39. The summed E-state index contributed by atoms with van der Waals surface area (Å²) in [5.74, 6) is -1.93. The lowest BCUT2D eigenvalue weighted by atomic mass is 10.2. The van der Waals surface area contributed by atoms with E-state index in [0.29, 0.717) is 0 Å². The Balaban J connectivity index is 2.48. The molecule has 5 nitrogen and oxygen atoms in total. The highest BCUT2D eigenvalue weighted by molar-refractivity contribution is 7.80. The summed E-state index contributed by atoms with van der Waals surface area (Å²) in [6.45, 7) is 2.01. The molecule has 22 heavy (non-hydrogen) atoms. The molecule has 0 fully saturated rings. The van der Waals surface area contributed by atoms with Crippen LogP contribution in [0.15, 0.2) is 53.3 Å². The van der Waals surface area contributed by atoms with E-state index >= 15 is 0 Å². The van der Waals surface area contributed by atoms with Crippen LogP contribution in [0.1, 0.15) is 20.7 Å². The zero-order chi connectivity index (χ0) is 16.3. The molecule has 0 aliphatic rings. The number of aromatic carboxylic acids is 2. The number of carboxylic acid groups (broad SMARTS) is 2. The molecule has 0 bridgehead atoms. The van der Waals surface area contributed by atoms with E-state index in [2.05, 4.69) is 4.74 Å². The molecular formula is C16H16NO4P. The fourth-order valence-electron chi connectivity index (χ4n) is 2.17. The van der Waals surface area contributed by atoms with E-state index in [0.717, 1.165) is 10.6 Å². The second-order valence-corrected chi connectivity index (χ2v) is 8.21. The minimum absolute atomic E-state index is 0.229. The summed E-state index contributed by atoms with van der Waals surface area (Å²) in [7, 11) is -0.290. The van der Waals surface area contributed by atoms with E-state index in [4.69, 9.17) is 10.2 Å². The van der Waals surface area contributed by atoms with Crippen molar-refractivity contribution in [1.82, 2.24) is 0 Å². The Morgan fingerprint density at radius 3 is 1.36 bits per heavy atom. The molecule has 0 unspecified atom stereocenters. The smallest absolute Gasteiger partial charge is 0.335 e. The van der Waals surface area contributed by atoms with Gasteiger partial charge < -0.3 is 10.2 Å². The molecular weight excluding hydrogens is 301 g/mol. The van der Waals surface area contributed by atoms with Crippen molar-refractivity contribution in [3.63, 3.8) is 0 Å². The predicted molar refractivity (Wildman–Crippen MR) is 87.3 cm³/mol. The Morgan fingerprint density at radius 1 is 0.818 bits per heavy atom. The first kappa shape index (κ1) is 16.0. The van der Waals surface area contributed by atoms with Gasteiger partial charge in [0, 0.05) is 14.1 Å². The Bertz CT molecular complexity index is 702. The van der Waals surface area contributed by atoms with Gasteiger partial charge in [0.15, 0.2) is 0 Å².